The summed E-state index contributed by atoms with van der Waals surface area (Å²) in [7, 11) is 0. The molecule has 2 bridgehead atoms. The third-order valence-corrected chi connectivity index (χ3v) is 6.93. The number of ether oxygens (including phenoxy) is 1. The Morgan fingerprint density at radius 2 is 1.78 bits per heavy atom. The first-order chi connectivity index (χ1) is 15.0. The van der Waals surface area contributed by atoms with Gasteiger partial charge in [0.05, 0.1) is 28.1 Å². The molecule has 1 aromatic rings. The zero-order valence-corrected chi connectivity index (χ0v) is 17.7. The molecule has 3 fully saturated rings. The van der Waals surface area contributed by atoms with Gasteiger partial charge in [-0.1, -0.05) is 11.6 Å². The fourth-order valence-corrected chi connectivity index (χ4v) is 5.32. The first-order valence-electron chi connectivity index (χ1n) is 10.2. The third-order valence-electron chi connectivity index (χ3n) is 6.60. The minimum absolute atomic E-state index is 0.125. The summed E-state index contributed by atoms with van der Waals surface area (Å²) in [5.41, 5.74) is -1.29. The molecule has 32 heavy (non-hydrogen) atoms. The van der Waals surface area contributed by atoms with E-state index < -0.39 is 36.3 Å². The van der Waals surface area contributed by atoms with Crippen molar-refractivity contribution >= 4 is 41.0 Å². The average Bonchev–Trinajstić information content (AvgIpc) is 3.40. The third kappa shape index (κ3) is 3.85. The molecular formula is C21H20ClF3N2O5. The SMILES string of the molecule is C[C@@H](C(=O)OCC(=O)Nc1cc(C(F)(F)F)ccc1Cl)N1C(=O)[C@@H]2[C@@H]3CC[C@@H](C3)[C@@H]2C1=O. The molecule has 1 heterocycles. The van der Waals surface area contributed by atoms with Gasteiger partial charge in [-0.3, -0.25) is 19.3 Å². The molecule has 3 amide bonds. The van der Waals surface area contributed by atoms with Gasteiger partial charge in [0.2, 0.25) is 11.8 Å². The predicted molar refractivity (Wildman–Crippen MR) is 105 cm³/mol. The van der Waals surface area contributed by atoms with Crippen LogP contribution in [0.5, 0.6) is 0 Å². The smallest absolute Gasteiger partial charge is 0.416 e. The van der Waals surface area contributed by atoms with E-state index in [4.69, 9.17) is 16.3 Å². The standard InChI is InChI=1S/C21H20ClF3N2O5/c1-9(27-18(29)16-10-2-3-11(6-10)17(16)19(27)30)20(31)32-8-15(28)26-14-7-12(21(23,24)25)4-5-13(14)22/h4-5,7,9-11,16-17H,2-3,6,8H2,1H3,(H,26,28)/t9-,10-,11+,16-,17+/m0/s1. The number of esters is 1. The number of halogens is 4. The van der Waals surface area contributed by atoms with Crippen LogP contribution in [0.3, 0.4) is 0 Å². The van der Waals surface area contributed by atoms with Crippen LogP contribution < -0.4 is 5.32 Å². The zero-order chi connectivity index (χ0) is 23.4. The Morgan fingerprint density at radius 3 is 2.34 bits per heavy atom. The Labute approximate surface area is 186 Å². The number of carbonyl (C=O) groups is 4. The number of benzene rings is 1. The molecule has 1 saturated heterocycles. The average molecular weight is 473 g/mol. The maximum atomic E-state index is 12.8. The predicted octanol–water partition coefficient (Wildman–Crippen LogP) is 3.26. The number of rotatable bonds is 5. The molecule has 3 aliphatic rings. The van der Waals surface area contributed by atoms with E-state index in [1.54, 1.807) is 0 Å². The highest BCUT2D eigenvalue weighted by atomic mass is 35.5. The van der Waals surface area contributed by atoms with Gasteiger partial charge in [0.15, 0.2) is 6.61 Å². The van der Waals surface area contributed by atoms with E-state index in [2.05, 4.69) is 5.32 Å². The largest absolute Gasteiger partial charge is 0.454 e. The van der Waals surface area contributed by atoms with Crippen molar-refractivity contribution in [3.63, 3.8) is 0 Å². The van der Waals surface area contributed by atoms with Crippen LogP contribution in [0.4, 0.5) is 18.9 Å². The molecule has 2 saturated carbocycles. The molecule has 2 aliphatic carbocycles. The highest BCUT2D eigenvalue weighted by Gasteiger charge is 2.62. The number of alkyl halides is 3. The van der Waals surface area contributed by atoms with Gasteiger partial charge < -0.3 is 10.1 Å². The van der Waals surface area contributed by atoms with Crippen LogP contribution >= 0.6 is 11.6 Å². The fourth-order valence-electron chi connectivity index (χ4n) is 5.16. The first kappa shape index (κ1) is 22.6. The number of nitrogens with one attached hydrogen (secondary N) is 1. The molecule has 1 aromatic carbocycles. The van der Waals surface area contributed by atoms with Gasteiger partial charge in [-0.2, -0.15) is 13.2 Å². The second-order valence-electron chi connectivity index (χ2n) is 8.46. The zero-order valence-electron chi connectivity index (χ0n) is 16.9. The molecule has 0 spiro atoms. The molecule has 11 heteroatoms. The first-order valence-corrected chi connectivity index (χ1v) is 10.6. The summed E-state index contributed by atoms with van der Waals surface area (Å²) in [6, 6.07) is 1.22. The molecule has 172 valence electrons. The second kappa shape index (κ2) is 8.06. The highest BCUT2D eigenvalue weighted by Crippen LogP contribution is 2.56. The molecular weight excluding hydrogens is 453 g/mol. The van der Waals surface area contributed by atoms with Crippen molar-refractivity contribution in [1.82, 2.24) is 4.90 Å². The number of hydrogen-bond donors (Lipinski definition) is 1. The van der Waals surface area contributed by atoms with Crippen LogP contribution in [0.25, 0.3) is 0 Å². The summed E-state index contributed by atoms with van der Waals surface area (Å²) in [6.45, 7) is 0.534. The van der Waals surface area contributed by atoms with E-state index in [0.29, 0.717) is 6.07 Å². The van der Waals surface area contributed by atoms with Crippen LogP contribution in [0.15, 0.2) is 18.2 Å². The molecule has 1 aliphatic heterocycles. The molecule has 1 N–H and O–H groups in total. The maximum Gasteiger partial charge on any atom is 0.416 e. The van der Waals surface area contributed by atoms with Crippen LogP contribution in [-0.4, -0.2) is 41.2 Å². The summed E-state index contributed by atoms with van der Waals surface area (Å²) in [5, 5.41) is 2.04. The fraction of sp³-hybridized carbons (Fsp3) is 0.524. The van der Waals surface area contributed by atoms with Gasteiger partial charge in [0.25, 0.3) is 5.91 Å². The lowest BCUT2D eigenvalue weighted by Crippen LogP contribution is -2.45. The van der Waals surface area contributed by atoms with E-state index in [-0.39, 0.29) is 46.2 Å². The Morgan fingerprint density at radius 1 is 1.19 bits per heavy atom. The van der Waals surface area contributed by atoms with Crippen LogP contribution in [0.2, 0.25) is 5.02 Å². The lowest BCUT2D eigenvalue weighted by molar-refractivity contribution is -0.159. The summed E-state index contributed by atoms with van der Waals surface area (Å²) in [6.07, 6.45) is -1.97. The normalized spacial score (nSPS) is 27.5. The van der Waals surface area contributed by atoms with Crippen molar-refractivity contribution in [2.24, 2.45) is 23.7 Å². The topological polar surface area (TPSA) is 92.8 Å². The van der Waals surface area contributed by atoms with Gasteiger partial charge in [-0.25, -0.2) is 4.79 Å². The van der Waals surface area contributed by atoms with Crippen molar-refractivity contribution in [1.29, 1.82) is 0 Å². The van der Waals surface area contributed by atoms with E-state index >= 15 is 0 Å². The highest BCUT2D eigenvalue weighted by molar-refractivity contribution is 6.33. The number of hydrogen-bond acceptors (Lipinski definition) is 5. The van der Waals surface area contributed by atoms with E-state index in [1.807, 2.05) is 0 Å². The van der Waals surface area contributed by atoms with E-state index in [1.165, 1.54) is 6.92 Å². The molecule has 5 atom stereocenters. The van der Waals surface area contributed by atoms with E-state index in [0.717, 1.165) is 36.3 Å². The lowest BCUT2D eigenvalue weighted by Gasteiger charge is -2.23. The van der Waals surface area contributed by atoms with Gasteiger partial charge in [0, 0.05) is 0 Å². The minimum Gasteiger partial charge on any atom is -0.454 e. The number of anilines is 1. The summed E-state index contributed by atoms with van der Waals surface area (Å²) >= 11 is 5.83. The summed E-state index contributed by atoms with van der Waals surface area (Å²) in [4.78, 5) is 51.0. The number of carbonyl (C=O) groups excluding carboxylic acids is 4. The van der Waals surface area contributed by atoms with Crippen LogP contribution in [0, 0.1) is 23.7 Å². The Balaban J connectivity index is 1.35. The maximum absolute atomic E-state index is 12.8. The van der Waals surface area contributed by atoms with Gasteiger partial charge in [-0.15, -0.1) is 0 Å². The Hall–Kier alpha value is -2.62. The number of nitrogens with zero attached hydrogens (tertiary/aromatic N) is 1. The summed E-state index contributed by atoms with van der Waals surface area (Å²) < 4.78 is 43.4. The summed E-state index contributed by atoms with van der Waals surface area (Å²) in [5.74, 6) is -3.07. The number of fused-ring (bicyclic) bond motifs is 5. The lowest BCUT2D eigenvalue weighted by atomic mass is 9.81. The molecule has 0 radical (unpaired) electrons. The number of amides is 3. The Kier molecular flexibility index (Phi) is 5.68. The molecule has 7 nitrogen and oxygen atoms in total. The molecule has 4 rings (SSSR count). The Bertz CT molecular complexity index is 970. The monoisotopic (exact) mass is 472 g/mol. The van der Waals surface area contributed by atoms with Gasteiger partial charge >= 0.3 is 12.1 Å². The number of imide groups is 1. The number of likely N-dealkylation sites (tertiary alicyclic amines) is 1. The van der Waals surface area contributed by atoms with Crippen molar-refractivity contribution in [3.05, 3.63) is 28.8 Å². The van der Waals surface area contributed by atoms with Gasteiger partial charge in [-0.05, 0) is 56.2 Å². The van der Waals surface area contributed by atoms with Crippen LogP contribution in [-0.2, 0) is 30.1 Å². The van der Waals surface area contributed by atoms with Crippen molar-refractivity contribution in [2.75, 3.05) is 11.9 Å². The van der Waals surface area contributed by atoms with Crippen molar-refractivity contribution in [3.8, 4) is 0 Å². The van der Waals surface area contributed by atoms with Crippen molar-refractivity contribution in [2.45, 2.75) is 38.4 Å². The van der Waals surface area contributed by atoms with Gasteiger partial charge in [0.1, 0.15) is 6.04 Å². The van der Waals surface area contributed by atoms with Crippen molar-refractivity contribution < 1.29 is 37.1 Å². The molecule has 0 unspecified atom stereocenters. The van der Waals surface area contributed by atoms with E-state index in [9.17, 15) is 32.3 Å². The minimum atomic E-state index is -4.63. The molecule has 0 aromatic heterocycles. The second-order valence-corrected chi connectivity index (χ2v) is 8.86. The van der Waals surface area contributed by atoms with Crippen LogP contribution in [0.1, 0.15) is 31.7 Å². The quantitative estimate of drug-likeness (QED) is 0.524.